The number of nitrogens with one attached hydrogen (secondary N) is 1. The van der Waals surface area contributed by atoms with Gasteiger partial charge in [-0.25, -0.2) is 0 Å². The van der Waals surface area contributed by atoms with E-state index in [1.807, 2.05) is 38.1 Å². The van der Waals surface area contributed by atoms with Gasteiger partial charge in [0.2, 0.25) is 11.8 Å². The fourth-order valence-electron chi connectivity index (χ4n) is 5.21. The average Bonchev–Trinajstić information content (AvgIpc) is 2.79. The van der Waals surface area contributed by atoms with E-state index in [4.69, 9.17) is 4.42 Å². The van der Waals surface area contributed by atoms with E-state index in [-0.39, 0.29) is 28.8 Å². The van der Waals surface area contributed by atoms with Crippen molar-refractivity contribution in [3.8, 4) is 11.3 Å². The molecule has 1 unspecified atom stereocenters. The molecule has 2 heterocycles. The first-order valence-corrected chi connectivity index (χ1v) is 11.6. The third kappa shape index (κ3) is 3.63. The number of hydrogen-bond acceptors (Lipinski definition) is 4. The summed E-state index contributed by atoms with van der Waals surface area (Å²) in [5, 5.41) is 3.55. The van der Waals surface area contributed by atoms with Gasteiger partial charge in [0.1, 0.15) is 17.4 Å². The first kappa shape index (κ1) is 21.4. The van der Waals surface area contributed by atoms with Crippen LogP contribution in [-0.2, 0) is 9.59 Å². The quantitative estimate of drug-likeness (QED) is 0.608. The predicted molar refractivity (Wildman–Crippen MR) is 128 cm³/mol. The number of nitrogens with zero attached hydrogens (tertiary/aromatic N) is 1. The fraction of sp³-hybridized carbons (Fsp3) is 0.370. The molecule has 1 atom stereocenters. The van der Waals surface area contributed by atoms with Crippen LogP contribution in [0, 0.1) is 13.8 Å². The van der Waals surface area contributed by atoms with E-state index in [0.717, 1.165) is 36.8 Å². The molecule has 3 aromatic rings. The van der Waals surface area contributed by atoms with Crippen molar-refractivity contribution in [3.63, 3.8) is 0 Å². The lowest BCUT2D eigenvalue weighted by molar-refractivity contribution is -0.126. The van der Waals surface area contributed by atoms with Gasteiger partial charge in [0.15, 0.2) is 5.43 Å². The van der Waals surface area contributed by atoms with Gasteiger partial charge in [0.05, 0.1) is 16.6 Å². The second kappa shape index (κ2) is 8.18. The van der Waals surface area contributed by atoms with Crippen molar-refractivity contribution in [2.45, 2.75) is 65.0 Å². The highest BCUT2D eigenvalue weighted by Crippen LogP contribution is 2.45. The molecule has 1 N–H and O–H groups in total. The maximum atomic E-state index is 13.8. The van der Waals surface area contributed by atoms with Crippen LogP contribution in [0.4, 0.5) is 5.69 Å². The zero-order chi connectivity index (χ0) is 23.3. The van der Waals surface area contributed by atoms with Crippen LogP contribution in [0.25, 0.3) is 22.3 Å². The number of hydrogen-bond donors (Lipinski definition) is 1. The molecule has 0 radical (unpaired) electrons. The molecular formula is C27H28N2O4. The monoisotopic (exact) mass is 444 g/mol. The fourth-order valence-corrected chi connectivity index (χ4v) is 5.21. The third-order valence-corrected chi connectivity index (χ3v) is 6.81. The van der Waals surface area contributed by atoms with Crippen LogP contribution in [0.5, 0.6) is 0 Å². The number of benzene rings is 2. The number of aryl methyl sites for hydroxylation is 2. The minimum absolute atomic E-state index is 0.0534. The van der Waals surface area contributed by atoms with Crippen molar-refractivity contribution in [2.75, 3.05) is 4.90 Å². The highest BCUT2D eigenvalue weighted by molar-refractivity contribution is 6.06. The molecule has 6 heteroatoms. The van der Waals surface area contributed by atoms with E-state index in [2.05, 4.69) is 5.32 Å². The maximum absolute atomic E-state index is 13.8. The Hall–Kier alpha value is -3.41. The minimum Gasteiger partial charge on any atom is -0.455 e. The van der Waals surface area contributed by atoms with Gasteiger partial charge in [0, 0.05) is 18.5 Å². The smallest absolute Gasteiger partial charge is 0.248 e. The Bertz CT molecular complexity index is 1330. The van der Waals surface area contributed by atoms with Crippen LogP contribution in [-0.4, -0.2) is 17.9 Å². The molecule has 1 saturated carbocycles. The lowest BCUT2D eigenvalue weighted by Crippen LogP contribution is -2.49. The zero-order valence-electron chi connectivity index (χ0n) is 19.2. The Morgan fingerprint density at radius 3 is 2.42 bits per heavy atom. The zero-order valence-corrected chi connectivity index (χ0v) is 19.2. The molecule has 2 aromatic carbocycles. The summed E-state index contributed by atoms with van der Waals surface area (Å²) in [7, 11) is 0. The summed E-state index contributed by atoms with van der Waals surface area (Å²) in [5.41, 5.74) is 3.57. The maximum Gasteiger partial charge on any atom is 0.248 e. The average molecular weight is 445 g/mol. The van der Waals surface area contributed by atoms with E-state index in [9.17, 15) is 14.4 Å². The number of fused-ring (bicyclic) bond motifs is 4. The SMILES string of the molecule is CC(=O)N1c2ccc(C)cc2-c2oc3ccc(C)cc3c(=O)c2C1C(=O)NC1CCCCC1. The summed E-state index contributed by atoms with van der Waals surface area (Å²) in [6.45, 7) is 5.29. The molecule has 2 amide bonds. The van der Waals surface area contributed by atoms with Crippen LogP contribution in [0.2, 0.25) is 0 Å². The standard InChI is InChI=1S/C27H28N2O4/c1-15-9-11-21-19(13-15)26-23(25(31)20-14-16(2)10-12-22(20)33-26)24(29(21)17(3)30)27(32)28-18-7-5-4-6-8-18/h9-14,18,24H,4-8H2,1-3H3,(H,28,32). The second-order valence-corrected chi connectivity index (χ2v) is 9.33. The van der Waals surface area contributed by atoms with Crippen LogP contribution in [0.3, 0.4) is 0 Å². The summed E-state index contributed by atoms with van der Waals surface area (Å²) in [6.07, 6.45) is 5.12. The van der Waals surface area contributed by atoms with Gasteiger partial charge in [-0.2, -0.15) is 0 Å². The summed E-state index contributed by atoms with van der Waals surface area (Å²) in [5.74, 6) is -0.251. The predicted octanol–water partition coefficient (Wildman–Crippen LogP) is 4.93. The molecule has 1 aliphatic heterocycles. The Morgan fingerprint density at radius 1 is 1.00 bits per heavy atom. The number of rotatable bonds is 2. The van der Waals surface area contributed by atoms with Gasteiger partial charge in [-0.05, 0) is 51.0 Å². The van der Waals surface area contributed by atoms with Crippen LogP contribution >= 0.6 is 0 Å². The summed E-state index contributed by atoms with van der Waals surface area (Å²) < 4.78 is 6.28. The summed E-state index contributed by atoms with van der Waals surface area (Å²) in [6, 6.07) is 10.1. The van der Waals surface area contributed by atoms with Crippen molar-refractivity contribution in [2.24, 2.45) is 0 Å². The molecule has 170 valence electrons. The summed E-state index contributed by atoms with van der Waals surface area (Å²) >= 11 is 0. The van der Waals surface area contributed by atoms with Gasteiger partial charge >= 0.3 is 0 Å². The van der Waals surface area contributed by atoms with Crippen molar-refractivity contribution < 1.29 is 14.0 Å². The van der Waals surface area contributed by atoms with Crippen LogP contribution in [0.1, 0.15) is 61.8 Å². The molecule has 0 bridgehead atoms. The van der Waals surface area contributed by atoms with Gasteiger partial charge in [-0.15, -0.1) is 0 Å². The highest BCUT2D eigenvalue weighted by atomic mass is 16.3. The van der Waals surface area contributed by atoms with Gasteiger partial charge in [-0.3, -0.25) is 19.3 Å². The highest BCUT2D eigenvalue weighted by Gasteiger charge is 2.42. The Balaban J connectivity index is 1.76. The molecule has 6 nitrogen and oxygen atoms in total. The van der Waals surface area contributed by atoms with E-state index < -0.39 is 6.04 Å². The largest absolute Gasteiger partial charge is 0.455 e. The number of anilines is 1. The number of carbonyl (C=O) groups excluding carboxylic acids is 2. The van der Waals surface area contributed by atoms with Crippen molar-refractivity contribution in [1.29, 1.82) is 0 Å². The number of carbonyl (C=O) groups is 2. The molecule has 1 aromatic heterocycles. The van der Waals surface area contributed by atoms with Crippen molar-refractivity contribution in [3.05, 3.63) is 63.3 Å². The Kier molecular flexibility index (Phi) is 5.31. The van der Waals surface area contributed by atoms with Crippen molar-refractivity contribution >= 4 is 28.5 Å². The lowest BCUT2D eigenvalue weighted by Gasteiger charge is -2.37. The topological polar surface area (TPSA) is 79.6 Å². The van der Waals surface area contributed by atoms with Crippen molar-refractivity contribution in [1.82, 2.24) is 5.32 Å². The van der Waals surface area contributed by atoms with Gasteiger partial charge < -0.3 is 9.73 Å². The molecule has 2 aliphatic rings. The van der Waals surface area contributed by atoms with Gasteiger partial charge in [-0.1, -0.05) is 42.5 Å². The molecule has 5 rings (SSSR count). The first-order valence-electron chi connectivity index (χ1n) is 11.6. The third-order valence-electron chi connectivity index (χ3n) is 6.81. The molecule has 0 saturated heterocycles. The van der Waals surface area contributed by atoms with Crippen LogP contribution < -0.4 is 15.6 Å². The van der Waals surface area contributed by atoms with Gasteiger partial charge in [0.25, 0.3) is 0 Å². The molecule has 1 fully saturated rings. The Morgan fingerprint density at radius 2 is 1.70 bits per heavy atom. The molecule has 1 aliphatic carbocycles. The van der Waals surface area contributed by atoms with E-state index in [1.54, 1.807) is 12.1 Å². The van der Waals surface area contributed by atoms with E-state index >= 15 is 0 Å². The Labute approximate surface area is 192 Å². The van der Waals surface area contributed by atoms with Crippen LogP contribution in [0.15, 0.2) is 45.6 Å². The number of amides is 2. The minimum atomic E-state index is -1.07. The van der Waals surface area contributed by atoms with E-state index in [0.29, 0.717) is 28.0 Å². The lowest BCUT2D eigenvalue weighted by atomic mass is 9.89. The molecular weight excluding hydrogens is 416 g/mol. The normalized spacial score (nSPS) is 18.0. The van der Waals surface area contributed by atoms with E-state index in [1.165, 1.54) is 18.2 Å². The summed E-state index contributed by atoms with van der Waals surface area (Å²) in [4.78, 5) is 41.9. The second-order valence-electron chi connectivity index (χ2n) is 9.33. The first-order chi connectivity index (χ1) is 15.8. The molecule has 33 heavy (non-hydrogen) atoms. The molecule has 0 spiro atoms.